The van der Waals surface area contributed by atoms with Crippen molar-refractivity contribution >= 4 is 28.7 Å². The van der Waals surface area contributed by atoms with Gasteiger partial charge in [-0.05, 0) is 40.6 Å². The zero-order chi connectivity index (χ0) is 21.1. The van der Waals surface area contributed by atoms with Crippen molar-refractivity contribution in [3.8, 4) is 0 Å². The molecule has 152 valence electrons. The number of benzene rings is 3. The predicted octanol–water partition coefficient (Wildman–Crippen LogP) is 4.12. The number of piperazine rings is 1. The van der Waals surface area contributed by atoms with Gasteiger partial charge in [0.2, 0.25) is 5.91 Å². The fourth-order valence-electron chi connectivity index (χ4n) is 3.60. The first-order chi connectivity index (χ1) is 14.5. The summed E-state index contributed by atoms with van der Waals surface area (Å²) < 4.78 is 26.5. The second-order valence-corrected chi connectivity index (χ2v) is 7.15. The molecule has 0 aromatic heterocycles. The third-order valence-electron chi connectivity index (χ3n) is 5.27. The first kappa shape index (κ1) is 19.8. The number of halogens is 2. The topological polar surface area (TPSA) is 40.6 Å². The first-order valence-electron chi connectivity index (χ1n) is 9.72. The molecule has 1 fully saturated rings. The van der Waals surface area contributed by atoms with E-state index in [9.17, 15) is 18.4 Å². The zero-order valence-electron chi connectivity index (χ0n) is 16.2. The minimum atomic E-state index is -1.05. The molecule has 3 aromatic rings. The summed E-state index contributed by atoms with van der Waals surface area (Å²) in [5.74, 6) is -2.52. The molecular formula is C24H20F2N2O2. The highest BCUT2D eigenvalue weighted by atomic mass is 19.2. The van der Waals surface area contributed by atoms with E-state index in [1.165, 1.54) is 6.07 Å². The van der Waals surface area contributed by atoms with Crippen LogP contribution in [0.4, 0.5) is 8.78 Å². The maximum absolute atomic E-state index is 13.4. The quantitative estimate of drug-likeness (QED) is 0.614. The van der Waals surface area contributed by atoms with Crippen LogP contribution in [0.2, 0.25) is 0 Å². The summed E-state index contributed by atoms with van der Waals surface area (Å²) >= 11 is 0. The molecule has 0 spiro atoms. The lowest BCUT2D eigenvalue weighted by Crippen LogP contribution is -2.50. The summed E-state index contributed by atoms with van der Waals surface area (Å²) in [4.78, 5) is 28.3. The van der Waals surface area contributed by atoms with E-state index in [4.69, 9.17) is 0 Å². The largest absolute Gasteiger partial charge is 0.336 e. The molecule has 0 bridgehead atoms. The Morgan fingerprint density at radius 3 is 2.27 bits per heavy atom. The second kappa shape index (κ2) is 8.45. The van der Waals surface area contributed by atoms with Crippen molar-refractivity contribution in [2.24, 2.45) is 0 Å². The highest BCUT2D eigenvalue weighted by molar-refractivity contribution is 5.97. The summed E-state index contributed by atoms with van der Waals surface area (Å²) in [5, 5.41) is 2.18. The summed E-state index contributed by atoms with van der Waals surface area (Å²) in [5.41, 5.74) is 1.07. The molecule has 0 aliphatic carbocycles. The van der Waals surface area contributed by atoms with Gasteiger partial charge in [0, 0.05) is 37.8 Å². The summed E-state index contributed by atoms with van der Waals surface area (Å²) in [6, 6.07) is 17.0. The van der Waals surface area contributed by atoms with Crippen LogP contribution in [0.5, 0.6) is 0 Å². The minimum Gasteiger partial charge on any atom is -0.336 e. The van der Waals surface area contributed by atoms with Gasteiger partial charge in [-0.1, -0.05) is 42.5 Å². The Morgan fingerprint density at radius 2 is 1.50 bits per heavy atom. The van der Waals surface area contributed by atoms with Crippen LogP contribution in [-0.2, 0) is 4.79 Å². The van der Waals surface area contributed by atoms with E-state index in [-0.39, 0.29) is 17.4 Å². The van der Waals surface area contributed by atoms with E-state index in [0.717, 1.165) is 28.5 Å². The molecule has 0 radical (unpaired) electrons. The Bertz CT molecular complexity index is 1130. The average molecular weight is 406 g/mol. The molecule has 0 N–H and O–H groups in total. The normalized spacial score (nSPS) is 14.5. The fourth-order valence-corrected chi connectivity index (χ4v) is 3.60. The lowest BCUT2D eigenvalue weighted by molar-refractivity contribution is -0.127. The van der Waals surface area contributed by atoms with Crippen LogP contribution in [-0.4, -0.2) is 47.8 Å². The first-order valence-corrected chi connectivity index (χ1v) is 9.72. The highest BCUT2D eigenvalue weighted by Gasteiger charge is 2.24. The van der Waals surface area contributed by atoms with E-state index in [2.05, 4.69) is 0 Å². The monoisotopic (exact) mass is 406 g/mol. The number of carbonyl (C=O) groups excluding carboxylic acids is 2. The van der Waals surface area contributed by atoms with Crippen molar-refractivity contribution < 1.29 is 18.4 Å². The molecule has 4 rings (SSSR count). The van der Waals surface area contributed by atoms with Gasteiger partial charge >= 0.3 is 0 Å². The minimum absolute atomic E-state index is 0.101. The molecule has 6 heteroatoms. The van der Waals surface area contributed by atoms with Crippen LogP contribution in [0.1, 0.15) is 15.9 Å². The predicted molar refractivity (Wildman–Crippen MR) is 112 cm³/mol. The van der Waals surface area contributed by atoms with Crippen LogP contribution in [0.25, 0.3) is 16.8 Å². The van der Waals surface area contributed by atoms with E-state index < -0.39 is 11.6 Å². The van der Waals surface area contributed by atoms with E-state index >= 15 is 0 Å². The smallest absolute Gasteiger partial charge is 0.254 e. The molecule has 1 saturated heterocycles. The van der Waals surface area contributed by atoms with Gasteiger partial charge in [0.05, 0.1) is 0 Å². The molecule has 3 aromatic carbocycles. The van der Waals surface area contributed by atoms with Crippen LogP contribution in [0.15, 0.2) is 66.7 Å². The SMILES string of the molecule is O=C(/C=C/c1cccc2ccccc12)N1CCN(C(=O)c2ccc(F)c(F)c2)CC1. The van der Waals surface area contributed by atoms with Crippen molar-refractivity contribution in [3.05, 3.63) is 89.5 Å². The zero-order valence-corrected chi connectivity index (χ0v) is 16.2. The van der Waals surface area contributed by atoms with Crippen molar-refractivity contribution in [3.63, 3.8) is 0 Å². The van der Waals surface area contributed by atoms with Gasteiger partial charge in [0.25, 0.3) is 5.91 Å². The van der Waals surface area contributed by atoms with Crippen molar-refractivity contribution in [1.82, 2.24) is 9.80 Å². The lowest BCUT2D eigenvalue weighted by atomic mass is 10.0. The maximum Gasteiger partial charge on any atom is 0.254 e. The molecule has 30 heavy (non-hydrogen) atoms. The molecule has 0 atom stereocenters. The van der Waals surface area contributed by atoms with Crippen molar-refractivity contribution in [2.45, 2.75) is 0 Å². The van der Waals surface area contributed by atoms with Crippen LogP contribution in [0, 0.1) is 11.6 Å². The van der Waals surface area contributed by atoms with E-state index in [1.54, 1.807) is 15.9 Å². The second-order valence-electron chi connectivity index (χ2n) is 7.15. The van der Waals surface area contributed by atoms with Gasteiger partial charge in [0.1, 0.15) is 0 Å². The van der Waals surface area contributed by atoms with Gasteiger partial charge in [-0.2, -0.15) is 0 Å². The highest BCUT2D eigenvalue weighted by Crippen LogP contribution is 2.20. The Morgan fingerprint density at radius 1 is 0.800 bits per heavy atom. The van der Waals surface area contributed by atoms with Crippen LogP contribution < -0.4 is 0 Å². The maximum atomic E-state index is 13.4. The molecule has 4 nitrogen and oxygen atoms in total. The van der Waals surface area contributed by atoms with Gasteiger partial charge in [-0.25, -0.2) is 8.78 Å². The third kappa shape index (κ3) is 4.08. The molecule has 0 unspecified atom stereocenters. The number of nitrogens with zero attached hydrogens (tertiary/aromatic N) is 2. The van der Waals surface area contributed by atoms with Crippen LogP contribution in [0.3, 0.4) is 0 Å². The summed E-state index contributed by atoms with van der Waals surface area (Å²) in [6.07, 6.45) is 3.36. The molecule has 1 aliphatic rings. The van der Waals surface area contributed by atoms with Crippen molar-refractivity contribution in [1.29, 1.82) is 0 Å². The Labute approximate surface area is 173 Å². The number of fused-ring (bicyclic) bond motifs is 1. The number of rotatable bonds is 3. The molecule has 2 amide bonds. The standard InChI is InChI=1S/C24H20F2N2O2/c25-21-10-8-19(16-22(21)26)24(30)28-14-12-27(13-15-28)23(29)11-9-18-6-3-5-17-4-1-2-7-20(17)18/h1-11,16H,12-15H2/b11-9+. The number of hydrogen-bond acceptors (Lipinski definition) is 2. The Hall–Kier alpha value is -3.54. The molecular weight excluding hydrogens is 386 g/mol. The number of amides is 2. The van der Waals surface area contributed by atoms with Crippen molar-refractivity contribution in [2.75, 3.05) is 26.2 Å². The van der Waals surface area contributed by atoms with Crippen LogP contribution >= 0.6 is 0 Å². The molecule has 1 heterocycles. The van der Waals surface area contributed by atoms with Gasteiger partial charge in [-0.3, -0.25) is 9.59 Å². The summed E-state index contributed by atoms with van der Waals surface area (Å²) in [7, 11) is 0. The number of hydrogen-bond donors (Lipinski definition) is 0. The molecule has 0 saturated carbocycles. The third-order valence-corrected chi connectivity index (χ3v) is 5.27. The lowest BCUT2D eigenvalue weighted by Gasteiger charge is -2.34. The molecule has 1 aliphatic heterocycles. The van der Waals surface area contributed by atoms with E-state index in [1.807, 2.05) is 48.5 Å². The van der Waals surface area contributed by atoms with Gasteiger partial charge in [-0.15, -0.1) is 0 Å². The van der Waals surface area contributed by atoms with Gasteiger partial charge in [0.15, 0.2) is 11.6 Å². The van der Waals surface area contributed by atoms with E-state index in [0.29, 0.717) is 26.2 Å². The number of carbonyl (C=O) groups is 2. The Balaban J connectivity index is 1.39. The fraction of sp³-hybridized carbons (Fsp3) is 0.167. The average Bonchev–Trinajstić information content (AvgIpc) is 2.79. The Kier molecular flexibility index (Phi) is 5.57. The summed E-state index contributed by atoms with van der Waals surface area (Å²) in [6.45, 7) is 1.44. The van der Waals surface area contributed by atoms with Gasteiger partial charge < -0.3 is 9.80 Å².